The van der Waals surface area contributed by atoms with Gasteiger partial charge in [-0.05, 0) is 30.5 Å². The Bertz CT molecular complexity index is 458. The normalized spacial score (nSPS) is 25.6. The molecule has 1 aromatic carbocycles. The molecule has 2 bridgehead atoms. The minimum atomic E-state index is 0.275. The van der Waals surface area contributed by atoms with E-state index >= 15 is 0 Å². The molecule has 2 aliphatic heterocycles. The van der Waals surface area contributed by atoms with Crippen LogP contribution in [0.1, 0.15) is 18.4 Å². The van der Waals surface area contributed by atoms with E-state index in [1.807, 2.05) is 12.1 Å². The number of fused-ring (bicyclic) bond motifs is 2. The first-order valence-electron chi connectivity index (χ1n) is 7.02. The Morgan fingerprint density at radius 3 is 2.79 bits per heavy atom. The van der Waals surface area contributed by atoms with Crippen LogP contribution in [-0.2, 0) is 11.2 Å². The first kappa shape index (κ1) is 12.5. The first-order valence-corrected chi connectivity index (χ1v) is 7.02. The van der Waals surface area contributed by atoms with E-state index in [1.165, 1.54) is 0 Å². The molecule has 19 heavy (non-hydrogen) atoms. The van der Waals surface area contributed by atoms with Crippen molar-refractivity contribution in [2.45, 2.75) is 25.3 Å². The number of amides is 1. The molecule has 2 unspecified atom stereocenters. The van der Waals surface area contributed by atoms with Crippen LogP contribution < -0.4 is 0 Å². The van der Waals surface area contributed by atoms with Gasteiger partial charge in [-0.3, -0.25) is 9.69 Å². The molecule has 4 nitrogen and oxygen atoms in total. The second kappa shape index (κ2) is 5.21. The third kappa shape index (κ3) is 2.73. The number of phenolic OH excluding ortho intramolecular Hbond substituents is 1. The van der Waals surface area contributed by atoms with Crippen molar-refractivity contribution in [2.24, 2.45) is 0 Å². The maximum atomic E-state index is 12.3. The van der Waals surface area contributed by atoms with Gasteiger partial charge in [-0.1, -0.05) is 12.1 Å². The highest BCUT2D eigenvalue weighted by atomic mass is 16.3. The van der Waals surface area contributed by atoms with Crippen molar-refractivity contribution < 1.29 is 9.90 Å². The summed E-state index contributed by atoms with van der Waals surface area (Å²) >= 11 is 0. The van der Waals surface area contributed by atoms with Gasteiger partial charge >= 0.3 is 0 Å². The number of rotatable bonds is 3. The fourth-order valence-electron chi connectivity index (χ4n) is 3.09. The fraction of sp³-hybridized carbons (Fsp3) is 0.533. The van der Waals surface area contributed by atoms with E-state index in [-0.39, 0.29) is 11.7 Å². The Morgan fingerprint density at radius 2 is 2.00 bits per heavy atom. The van der Waals surface area contributed by atoms with E-state index in [4.69, 9.17) is 0 Å². The maximum absolute atomic E-state index is 12.3. The topological polar surface area (TPSA) is 43.8 Å². The van der Waals surface area contributed by atoms with Crippen LogP contribution in [0, 0.1) is 0 Å². The maximum Gasteiger partial charge on any atom is 0.223 e. The summed E-state index contributed by atoms with van der Waals surface area (Å²) in [4.78, 5) is 16.8. The summed E-state index contributed by atoms with van der Waals surface area (Å²) in [6.07, 6.45) is 2.46. The highest BCUT2D eigenvalue weighted by Crippen LogP contribution is 2.21. The Labute approximate surface area is 113 Å². The van der Waals surface area contributed by atoms with Crippen LogP contribution in [0.5, 0.6) is 5.75 Å². The van der Waals surface area contributed by atoms with Crippen molar-refractivity contribution in [1.82, 2.24) is 9.80 Å². The molecule has 0 saturated carbocycles. The first-order chi connectivity index (χ1) is 9.22. The van der Waals surface area contributed by atoms with Gasteiger partial charge in [0.15, 0.2) is 0 Å². The molecular weight excluding hydrogens is 240 g/mol. The largest absolute Gasteiger partial charge is 0.508 e. The lowest BCUT2D eigenvalue weighted by Gasteiger charge is -2.34. The van der Waals surface area contributed by atoms with Gasteiger partial charge in [0.05, 0.1) is 0 Å². The number of nitrogens with zero attached hydrogens (tertiary/aromatic N) is 2. The molecule has 2 saturated heterocycles. The van der Waals surface area contributed by atoms with Crippen molar-refractivity contribution in [3.8, 4) is 5.75 Å². The predicted octanol–water partition coefficient (Wildman–Crippen LogP) is 1.24. The van der Waals surface area contributed by atoms with E-state index in [0.29, 0.717) is 12.5 Å². The van der Waals surface area contributed by atoms with E-state index in [1.54, 1.807) is 12.1 Å². The summed E-state index contributed by atoms with van der Waals surface area (Å²) in [6, 6.07) is 7.57. The molecule has 3 rings (SSSR count). The van der Waals surface area contributed by atoms with Crippen LogP contribution in [0.2, 0.25) is 0 Å². The average Bonchev–Trinajstić information content (AvgIpc) is 2.79. The molecule has 0 aromatic heterocycles. The number of aromatic hydroxyl groups is 1. The molecule has 2 aliphatic rings. The van der Waals surface area contributed by atoms with Gasteiger partial charge in [0.2, 0.25) is 5.91 Å². The van der Waals surface area contributed by atoms with Crippen LogP contribution in [0.15, 0.2) is 24.3 Å². The molecule has 0 radical (unpaired) electrons. The number of piperazine rings is 1. The summed E-state index contributed by atoms with van der Waals surface area (Å²) in [5.74, 6) is 0.553. The molecule has 1 amide bonds. The molecule has 102 valence electrons. The van der Waals surface area contributed by atoms with Crippen LogP contribution in [0.3, 0.4) is 0 Å². The van der Waals surface area contributed by atoms with Crippen molar-refractivity contribution >= 4 is 5.91 Å². The lowest BCUT2D eigenvalue weighted by molar-refractivity contribution is -0.134. The van der Waals surface area contributed by atoms with Gasteiger partial charge in [0, 0.05) is 38.6 Å². The molecule has 1 aromatic rings. The zero-order valence-corrected chi connectivity index (χ0v) is 11.1. The number of aryl methyl sites for hydroxylation is 1. The van der Waals surface area contributed by atoms with E-state index in [9.17, 15) is 9.90 Å². The number of hydrogen-bond donors (Lipinski definition) is 1. The van der Waals surface area contributed by atoms with Gasteiger partial charge in [0.1, 0.15) is 5.75 Å². The Balaban J connectivity index is 1.55. The molecule has 0 spiro atoms. The SMILES string of the molecule is O=C(CCc1ccc(O)cc1)N1CCN2CCC1C2. The Hall–Kier alpha value is -1.55. The van der Waals surface area contributed by atoms with Crippen LogP contribution in [-0.4, -0.2) is 53.0 Å². The van der Waals surface area contributed by atoms with E-state index in [2.05, 4.69) is 9.80 Å². The smallest absolute Gasteiger partial charge is 0.223 e. The highest BCUT2D eigenvalue weighted by Gasteiger charge is 2.34. The van der Waals surface area contributed by atoms with Crippen molar-refractivity contribution in [1.29, 1.82) is 0 Å². The molecule has 2 heterocycles. The lowest BCUT2D eigenvalue weighted by Crippen LogP contribution is -2.49. The molecule has 2 fully saturated rings. The monoisotopic (exact) mass is 260 g/mol. The van der Waals surface area contributed by atoms with Crippen molar-refractivity contribution in [3.05, 3.63) is 29.8 Å². The number of carbonyl (C=O) groups excluding carboxylic acids is 1. The number of hydrogen-bond acceptors (Lipinski definition) is 3. The second-order valence-electron chi connectivity index (χ2n) is 5.50. The lowest BCUT2D eigenvalue weighted by atomic mass is 10.1. The summed E-state index contributed by atoms with van der Waals surface area (Å²) in [5, 5.41) is 9.23. The van der Waals surface area contributed by atoms with Crippen LogP contribution in [0.25, 0.3) is 0 Å². The summed E-state index contributed by atoms with van der Waals surface area (Å²) in [5.41, 5.74) is 1.11. The van der Waals surface area contributed by atoms with Gasteiger partial charge in [0.25, 0.3) is 0 Å². The van der Waals surface area contributed by atoms with Gasteiger partial charge in [-0.25, -0.2) is 0 Å². The van der Waals surface area contributed by atoms with Crippen molar-refractivity contribution in [3.63, 3.8) is 0 Å². The molecular formula is C15H20N2O2. The van der Waals surface area contributed by atoms with Crippen molar-refractivity contribution in [2.75, 3.05) is 26.2 Å². The second-order valence-corrected chi connectivity index (χ2v) is 5.50. The highest BCUT2D eigenvalue weighted by molar-refractivity contribution is 5.77. The van der Waals surface area contributed by atoms with E-state index < -0.39 is 0 Å². The standard InChI is InChI=1S/C15H20N2O2/c18-14-4-1-12(2-5-14)3-6-15(19)17-10-9-16-8-7-13(17)11-16/h1-2,4-5,13,18H,3,6-11H2. The Kier molecular flexibility index (Phi) is 3.42. The summed E-state index contributed by atoms with van der Waals surface area (Å²) < 4.78 is 0. The molecule has 4 heteroatoms. The number of benzene rings is 1. The summed E-state index contributed by atoms with van der Waals surface area (Å²) in [6.45, 7) is 4.12. The third-order valence-electron chi connectivity index (χ3n) is 4.23. The Morgan fingerprint density at radius 1 is 1.21 bits per heavy atom. The molecule has 0 aliphatic carbocycles. The van der Waals surface area contributed by atoms with Crippen LogP contribution >= 0.6 is 0 Å². The van der Waals surface area contributed by atoms with Gasteiger partial charge < -0.3 is 10.0 Å². The zero-order valence-electron chi connectivity index (χ0n) is 11.1. The number of phenols is 1. The third-order valence-corrected chi connectivity index (χ3v) is 4.23. The van der Waals surface area contributed by atoms with Crippen LogP contribution in [0.4, 0.5) is 0 Å². The minimum absolute atomic E-state index is 0.275. The number of carbonyl (C=O) groups is 1. The molecule has 1 N–H and O–H groups in total. The van der Waals surface area contributed by atoms with E-state index in [0.717, 1.165) is 44.6 Å². The minimum Gasteiger partial charge on any atom is -0.508 e. The van der Waals surface area contributed by atoms with Gasteiger partial charge in [-0.2, -0.15) is 0 Å². The fourth-order valence-corrected chi connectivity index (χ4v) is 3.09. The average molecular weight is 260 g/mol. The van der Waals surface area contributed by atoms with Gasteiger partial charge in [-0.15, -0.1) is 0 Å². The zero-order chi connectivity index (χ0) is 13.2. The summed E-state index contributed by atoms with van der Waals surface area (Å²) in [7, 11) is 0. The quantitative estimate of drug-likeness (QED) is 0.889. The molecule has 2 atom stereocenters. The predicted molar refractivity (Wildman–Crippen MR) is 73.0 cm³/mol.